The van der Waals surface area contributed by atoms with Gasteiger partial charge in [0, 0.05) is 23.7 Å². The maximum Gasteiger partial charge on any atom is 0.270 e. The number of ether oxygens (including phenoxy) is 2. The molecule has 1 saturated carbocycles. The van der Waals surface area contributed by atoms with Gasteiger partial charge in [0.15, 0.2) is 0 Å². The molecule has 0 heterocycles. The molecule has 2 atom stereocenters. The number of hydrogen-bond donors (Lipinski definition) is 1. The van der Waals surface area contributed by atoms with E-state index in [0.717, 1.165) is 19.3 Å². The van der Waals surface area contributed by atoms with Crippen molar-refractivity contribution in [3.8, 4) is 5.75 Å². The van der Waals surface area contributed by atoms with Crippen molar-refractivity contribution in [2.24, 2.45) is 0 Å². The van der Waals surface area contributed by atoms with Crippen LogP contribution in [0.5, 0.6) is 5.75 Å². The van der Waals surface area contributed by atoms with E-state index >= 15 is 0 Å². The molecule has 0 amide bonds. The Labute approximate surface area is 124 Å². The summed E-state index contributed by atoms with van der Waals surface area (Å²) in [7, 11) is 3.50. The average Bonchev–Trinajstić information content (AvgIpc) is 2.52. The van der Waals surface area contributed by atoms with Crippen LogP contribution >= 0.6 is 0 Å². The van der Waals surface area contributed by atoms with Crippen molar-refractivity contribution >= 4 is 5.69 Å². The van der Waals surface area contributed by atoms with E-state index in [0.29, 0.717) is 24.0 Å². The van der Waals surface area contributed by atoms with E-state index in [9.17, 15) is 10.1 Å². The molecule has 1 aromatic rings. The minimum atomic E-state index is -0.403. The van der Waals surface area contributed by atoms with E-state index in [2.05, 4.69) is 5.32 Å². The zero-order valence-electron chi connectivity index (χ0n) is 12.5. The van der Waals surface area contributed by atoms with Gasteiger partial charge in [-0.15, -0.1) is 0 Å². The van der Waals surface area contributed by atoms with Gasteiger partial charge in [0.2, 0.25) is 0 Å². The number of rotatable bonds is 6. The third-order valence-electron chi connectivity index (χ3n) is 4.00. The predicted molar refractivity (Wildman–Crippen MR) is 79.5 cm³/mol. The molecule has 0 aromatic heterocycles. The lowest BCUT2D eigenvalue weighted by molar-refractivity contribution is -0.385. The fourth-order valence-corrected chi connectivity index (χ4v) is 2.81. The Kier molecular flexibility index (Phi) is 5.52. The van der Waals surface area contributed by atoms with Crippen molar-refractivity contribution in [1.29, 1.82) is 0 Å². The van der Waals surface area contributed by atoms with Crippen LogP contribution in [0.15, 0.2) is 18.2 Å². The zero-order valence-corrected chi connectivity index (χ0v) is 12.5. The highest BCUT2D eigenvalue weighted by Crippen LogP contribution is 2.27. The summed E-state index contributed by atoms with van der Waals surface area (Å²) in [4.78, 5) is 10.5. The third kappa shape index (κ3) is 3.92. The molecular weight excluding hydrogens is 272 g/mol. The number of nitro groups is 1. The van der Waals surface area contributed by atoms with Gasteiger partial charge < -0.3 is 14.8 Å². The summed E-state index contributed by atoms with van der Waals surface area (Å²) in [6.45, 7) is 0.327. The Morgan fingerprint density at radius 3 is 2.81 bits per heavy atom. The molecule has 1 aromatic carbocycles. The van der Waals surface area contributed by atoms with Crippen LogP contribution in [0.25, 0.3) is 0 Å². The van der Waals surface area contributed by atoms with Crippen molar-refractivity contribution in [1.82, 2.24) is 5.32 Å². The highest BCUT2D eigenvalue weighted by atomic mass is 16.6. The van der Waals surface area contributed by atoms with Crippen LogP contribution in [0.4, 0.5) is 5.69 Å². The first-order valence-corrected chi connectivity index (χ1v) is 7.26. The number of nitrogens with one attached hydrogen (secondary N) is 1. The lowest BCUT2D eigenvalue weighted by Crippen LogP contribution is -2.41. The normalized spacial score (nSPS) is 22.0. The summed E-state index contributed by atoms with van der Waals surface area (Å²) in [6, 6.07) is 4.94. The first kappa shape index (κ1) is 15.7. The van der Waals surface area contributed by atoms with Gasteiger partial charge in [-0.3, -0.25) is 10.1 Å². The Morgan fingerprint density at radius 2 is 2.14 bits per heavy atom. The Bertz CT molecular complexity index is 493. The second-order valence-corrected chi connectivity index (χ2v) is 5.28. The van der Waals surface area contributed by atoms with Crippen LogP contribution in [0.2, 0.25) is 0 Å². The molecule has 0 radical (unpaired) electrons. The van der Waals surface area contributed by atoms with Gasteiger partial charge in [0.1, 0.15) is 5.75 Å². The molecule has 6 nitrogen and oxygen atoms in total. The van der Waals surface area contributed by atoms with Crippen LogP contribution in [0.3, 0.4) is 0 Å². The summed E-state index contributed by atoms with van der Waals surface area (Å²) < 4.78 is 11.2. The fourth-order valence-electron chi connectivity index (χ4n) is 2.81. The molecule has 1 aliphatic rings. The van der Waals surface area contributed by atoms with Gasteiger partial charge >= 0.3 is 0 Å². The summed E-state index contributed by atoms with van der Waals surface area (Å²) in [5, 5.41) is 14.2. The van der Waals surface area contributed by atoms with E-state index in [1.165, 1.54) is 18.6 Å². The number of hydrogen-bond acceptors (Lipinski definition) is 5. The monoisotopic (exact) mass is 294 g/mol. The third-order valence-corrected chi connectivity index (χ3v) is 4.00. The summed E-state index contributed by atoms with van der Waals surface area (Å²) in [5.41, 5.74) is 0.773. The first-order chi connectivity index (χ1) is 10.2. The molecule has 6 heteroatoms. The van der Waals surface area contributed by atoms with Crippen molar-refractivity contribution in [2.45, 2.75) is 44.4 Å². The highest BCUT2D eigenvalue weighted by molar-refractivity contribution is 5.43. The van der Waals surface area contributed by atoms with Crippen molar-refractivity contribution < 1.29 is 14.4 Å². The van der Waals surface area contributed by atoms with E-state index in [1.807, 2.05) is 7.05 Å². The van der Waals surface area contributed by atoms with Crippen LogP contribution in [-0.2, 0) is 11.3 Å². The minimum Gasteiger partial charge on any atom is -0.496 e. The van der Waals surface area contributed by atoms with Gasteiger partial charge in [-0.05, 0) is 26.0 Å². The maximum absolute atomic E-state index is 10.9. The van der Waals surface area contributed by atoms with Crippen LogP contribution < -0.4 is 10.1 Å². The van der Waals surface area contributed by atoms with Gasteiger partial charge in [0.05, 0.1) is 24.7 Å². The number of likely N-dealkylation sites (N-methyl/N-ethyl adjacent to an activating group) is 1. The van der Waals surface area contributed by atoms with Crippen molar-refractivity contribution in [3.63, 3.8) is 0 Å². The largest absolute Gasteiger partial charge is 0.496 e. The minimum absolute atomic E-state index is 0.0585. The van der Waals surface area contributed by atoms with E-state index in [-0.39, 0.29) is 11.8 Å². The van der Waals surface area contributed by atoms with Crippen LogP contribution in [0.1, 0.15) is 31.2 Å². The Morgan fingerprint density at radius 1 is 1.38 bits per heavy atom. The van der Waals surface area contributed by atoms with Gasteiger partial charge in [0.25, 0.3) is 5.69 Å². The number of nitro benzene ring substituents is 1. The smallest absolute Gasteiger partial charge is 0.270 e. The van der Waals surface area contributed by atoms with Crippen LogP contribution in [0, 0.1) is 10.1 Å². The molecule has 1 N–H and O–H groups in total. The van der Waals surface area contributed by atoms with E-state index < -0.39 is 4.92 Å². The molecule has 0 spiro atoms. The van der Waals surface area contributed by atoms with Crippen molar-refractivity contribution in [2.75, 3.05) is 14.2 Å². The molecule has 0 aliphatic heterocycles. The standard InChI is InChI=1S/C15H22N2O4/c1-16-13-5-3-4-6-15(13)21-10-11-9-12(17(18)19)7-8-14(11)20-2/h7-9,13,15-16H,3-6,10H2,1-2H3. The second kappa shape index (κ2) is 7.38. The molecule has 0 bridgehead atoms. The lowest BCUT2D eigenvalue weighted by Gasteiger charge is -2.31. The highest BCUT2D eigenvalue weighted by Gasteiger charge is 2.24. The van der Waals surface area contributed by atoms with Crippen LogP contribution in [-0.4, -0.2) is 31.2 Å². The second-order valence-electron chi connectivity index (χ2n) is 5.28. The van der Waals surface area contributed by atoms with Crippen molar-refractivity contribution in [3.05, 3.63) is 33.9 Å². The van der Waals surface area contributed by atoms with Gasteiger partial charge in [-0.1, -0.05) is 12.8 Å². The molecule has 1 aliphatic carbocycles. The Balaban J connectivity index is 2.07. The lowest BCUT2D eigenvalue weighted by atomic mass is 9.92. The zero-order chi connectivity index (χ0) is 15.2. The number of benzene rings is 1. The number of non-ortho nitro benzene ring substituents is 1. The molecule has 116 valence electrons. The molecule has 2 rings (SSSR count). The quantitative estimate of drug-likeness (QED) is 0.645. The maximum atomic E-state index is 10.9. The fraction of sp³-hybridized carbons (Fsp3) is 0.600. The topological polar surface area (TPSA) is 73.6 Å². The molecule has 21 heavy (non-hydrogen) atoms. The SMILES string of the molecule is CNC1CCCCC1OCc1cc([N+](=O)[O-])ccc1OC. The predicted octanol–water partition coefficient (Wildman–Crippen LogP) is 2.65. The van der Waals surface area contributed by atoms with Gasteiger partial charge in [-0.25, -0.2) is 0 Å². The molecule has 0 saturated heterocycles. The molecule has 2 unspecified atom stereocenters. The average molecular weight is 294 g/mol. The summed E-state index contributed by atoms with van der Waals surface area (Å²) in [5.74, 6) is 0.623. The molecular formula is C15H22N2O4. The number of nitrogens with zero attached hydrogens (tertiary/aromatic N) is 1. The van der Waals surface area contributed by atoms with Gasteiger partial charge in [-0.2, -0.15) is 0 Å². The Hall–Kier alpha value is -1.66. The van der Waals surface area contributed by atoms with E-state index in [4.69, 9.17) is 9.47 Å². The number of methoxy groups -OCH3 is 1. The summed E-state index contributed by atoms with van der Waals surface area (Å²) in [6.07, 6.45) is 4.64. The molecule has 1 fully saturated rings. The summed E-state index contributed by atoms with van der Waals surface area (Å²) >= 11 is 0. The first-order valence-electron chi connectivity index (χ1n) is 7.26. The van der Waals surface area contributed by atoms with E-state index in [1.54, 1.807) is 13.2 Å².